The van der Waals surface area contributed by atoms with Gasteiger partial charge in [-0.15, -0.1) is 0 Å². The molecule has 120 valence electrons. The Balaban J connectivity index is 3.12. The highest BCUT2D eigenvalue weighted by Crippen LogP contribution is 2.32. The Morgan fingerprint density at radius 2 is 1.81 bits per heavy atom. The Kier molecular flexibility index (Phi) is 6.64. The van der Waals surface area contributed by atoms with Gasteiger partial charge in [-0.1, -0.05) is 13.0 Å². The molecule has 3 nitrogen and oxygen atoms in total. The van der Waals surface area contributed by atoms with Gasteiger partial charge in [0.2, 0.25) is 0 Å². The second kappa shape index (κ2) is 7.77. The average molecular weight is 305 g/mol. The lowest BCUT2D eigenvalue weighted by molar-refractivity contribution is -0.137. The zero-order valence-electron chi connectivity index (χ0n) is 12.8. The summed E-state index contributed by atoms with van der Waals surface area (Å²) < 4.78 is 48.7. The van der Waals surface area contributed by atoms with E-state index in [9.17, 15) is 13.2 Å². The van der Waals surface area contributed by atoms with Gasteiger partial charge >= 0.3 is 6.18 Å². The van der Waals surface area contributed by atoms with Gasteiger partial charge in [0.1, 0.15) is 0 Å². The average Bonchev–Trinajstić information content (AvgIpc) is 2.43. The molecular weight excluding hydrogens is 283 g/mol. The molecule has 1 atom stereocenters. The van der Waals surface area contributed by atoms with E-state index < -0.39 is 18.0 Å². The molecule has 1 aromatic rings. The predicted octanol–water partition coefficient (Wildman–Crippen LogP) is 3.67. The fraction of sp³-hybridized carbons (Fsp3) is 0.600. The van der Waals surface area contributed by atoms with Crippen molar-refractivity contribution in [1.29, 1.82) is 0 Å². The number of ether oxygens (including phenoxy) is 2. The molecule has 1 rings (SSSR count). The second-order valence-corrected chi connectivity index (χ2v) is 4.84. The van der Waals surface area contributed by atoms with E-state index in [-0.39, 0.29) is 6.04 Å². The molecule has 0 saturated heterocycles. The zero-order chi connectivity index (χ0) is 16.0. The third-order valence-electron chi connectivity index (χ3n) is 3.28. The first-order chi connectivity index (χ1) is 9.85. The quantitative estimate of drug-likeness (QED) is 0.780. The van der Waals surface area contributed by atoms with Crippen molar-refractivity contribution in [1.82, 2.24) is 5.32 Å². The Hall–Kier alpha value is -1.11. The van der Waals surface area contributed by atoms with Crippen molar-refractivity contribution in [2.75, 3.05) is 20.8 Å². The van der Waals surface area contributed by atoms with Crippen molar-refractivity contribution in [3.8, 4) is 0 Å². The van der Waals surface area contributed by atoms with E-state index in [2.05, 4.69) is 5.32 Å². The van der Waals surface area contributed by atoms with Crippen LogP contribution in [0.1, 0.15) is 36.1 Å². The van der Waals surface area contributed by atoms with Crippen LogP contribution in [0.15, 0.2) is 18.2 Å². The first-order valence-electron chi connectivity index (χ1n) is 6.81. The largest absolute Gasteiger partial charge is 0.416 e. The van der Waals surface area contributed by atoms with E-state index in [0.29, 0.717) is 12.1 Å². The Bertz CT molecular complexity index is 445. The lowest BCUT2D eigenvalue weighted by Crippen LogP contribution is -2.35. The van der Waals surface area contributed by atoms with Crippen molar-refractivity contribution in [2.24, 2.45) is 0 Å². The molecule has 6 heteroatoms. The third kappa shape index (κ3) is 4.69. The topological polar surface area (TPSA) is 30.5 Å². The molecule has 21 heavy (non-hydrogen) atoms. The molecule has 0 aliphatic rings. The molecule has 0 aliphatic carbocycles. The van der Waals surface area contributed by atoms with Crippen LogP contribution in [0.3, 0.4) is 0 Å². The monoisotopic (exact) mass is 305 g/mol. The van der Waals surface area contributed by atoms with Gasteiger partial charge in [0, 0.05) is 14.2 Å². The minimum Gasteiger partial charge on any atom is -0.354 e. The fourth-order valence-corrected chi connectivity index (χ4v) is 2.22. The first kappa shape index (κ1) is 17.9. The lowest BCUT2D eigenvalue weighted by Gasteiger charge is -2.27. The summed E-state index contributed by atoms with van der Waals surface area (Å²) >= 11 is 0. The van der Waals surface area contributed by atoms with E-state index in [4.69, 9.17) is 9.47 Å². The van der Waals surface area contributed by atoms with Crippen LogP contribution < -0.4 is 5.32 Å². The van der Waals surface area contributed by atoms with Gasteiger partial charge in [0.05, 0.1) is 11.6 Å². The molecule has 0 fully saturated rings. The van der Waals surface area contributed by atoms with Crippen LogP contribution in [0.25, 0.3) is 0 Å². The highest BCUT2D eigenvalue weighted by atomic mass is 19.4. The normalized spacial score (nSPS) is 13.7. The van der Waals surface area contributed by atoms with Crippen LogP contribution in [-0.4, -0.2) is 27.1 Å². The zero-order valence-corrected chi connectivity index (χ0v) is 12.8. The van der Waals surface area contributed by atoms with Gasteiger partial charge in [-0.25, -0.2) is 0 Å². The van der Waals surface area contributed by atoms with Crippen molar-refractivity contribution < 1.29 is 22.6 Å². The maximum atomic E-state index is 12.7. The van der Waals surface area contributed by atoms with E-state index in [1.807, 2.05) is 6.92 Å². The Labute approximate surface area is 123 Å². The third-order valence-corrected chi connectivity index (χ3v) is 3.28. The smallest absolute Gasteiger partial charge is 0.354 e. The highest BCUT2D eigenvalue weighted by molar-refractivity contribution is 5.35. The number of hydrogen-bond donors (Lipinski definition) is 1. The Morgan fingerprint density at radius 3 is 2.24 bits per heavy atom. The van der Waals surface area contributed by atoms with Gasteiger partial charge in [0.25, 0.3) is 0 Å². The molecule has 0 aromatic heterocycles. The van der Waals surface area contributed by atoms with Crippen molar-refractivity contribution in [3.05, 3.63) is 34.9 Å². The summed E-state index contributed by atoms with van der Waals surface area (Å²) in [6.45, 7) is 4.39. The summed E-state index contributed by atoms with van der Waals surface area (Å²) in [4.78, 5) is 0. The Morgan fingerprint density at radius 1 is 1.19 bits per heavy atom. The summed E-state index contributed by atoms with van der Waals surface area (Å²) in [5, 5.41) is 3.26. The van der Waals surface area contributed by atoms with E-state index in [1.54, 1.807) is 6.92 Å². The number of alkyl halides is 3. The summed E-state index contributed by atoms with van der Waals surface area (Å²) in [7, 11) is 3.02. The van der Waals surface area contributed by atoms with Crippen LogP contribution in [0, 0.1) is 6.92 Å². The second-order valence-electron chi connectivity index (χ2n) is 4.84. The maximum Gasteiger partial charge on any atom is 0.416 e. The van der Waals surface area contributed by atoms with Crippen LogP contribution in [-0.2, 0) is 15.7 Å². The number of halogens is 3. The molecule has 0 spiro atoms. The summed E-state index contributed by atoms with van der Waals surface area (Å²) in [6, 6.07) is 3.41. The van der Waals surface area contributed by atoms with E-state index in [1.165, 1.54) is 20.3 Å². The maximum absolute atomic E-state index is 12.7. The van der Waals surface area contributed by atoms with Gasteiger partial charge in [-0.05, 0) is 43.1 Å². The molecular formula is C15H22F3NO2. The molecule has 0 aliphatic heterocycles. The number of methoxy groups -OCH3 is 2. The predicted molar refractivity (Wildman–Crippen MR) is 75.0 cm³/mol. The number of benzene rings is 1. The molecule has 0 amide bonds. The van der Waals surface area contributed by atoms with Gasteiger partial charge in [-0.3, -0.25) is 0 Å². The van der Waals surface area contributed by atoms with Gasteiger partial charge < -0.3 is 14.8 Å². The lowest BCUT2D eigenvalue weighted by atomic mass is 9.98. The van der Waals surface area contributed by atoms with Crippen LogP contribution in [0.5, 0.6) is 0 Å². The van der Waals surface area contributed by atoms with Crippen LogP contribution in [0.2, 0.25) is 0 Å². The standard InChI is InChI=1S/C15H22F3NO2/c1-5-8-19-13(14(20-3)21-4)12-7-6-11(9-10(12)2)15(16,17)18/h6-7,9,13-14,19H,5,8H2,1-4H3. The minimum absolute atomic E-state index is 0.317. The molecule has 0 heterocycles. The molecule has 1 N–H and O–H groups in total. The van der Waals surface area contributed by atoms with Crippen molar-refractivity contribution in [2.45, 2.75) is 38.8 Å². The van der Waals surface area contributed by atoms with Crippen LogP contribution in [0.4, 0.5) is 13.2 Å². The van der Waals surface area contributed by atoms with E-state index >= 15 is 0 Å². The van der Waals surface area contributed by atoms with Crippen molar-refractivity contribution >= 4 is 0 Å². The van der Waals surface area contributed by atoms with Crippen LogP contribution >= 0.6 is 0 Å². The van der Waals surface area contributed by atoms with Crippen molar-refractivity contribution in [3.63, 3.8) is 0 Å². The SMILES string of the molecule is CCCNC(c1ccc(C(F)(F)F)cc1C)C(OC)OC. The number of hydrogen-bond acceptors (Lipinski definition) is 3. The first-order valence-corrected chi connectivity index (χ1v) is 6.81. The number of aryl methyl sites for hydroxylation is 1. The summed E-state index contributed by atoms with van der Waals surface area (Å²) in [5.74, 6) is 0. The molecule has 1 unspecified atom stereocenters. The number of rotatable bonds is 7. The summed E-state index contributed by atoms with van der Waals surface area (Å²) in [5.41, 5.74) is 0.645. The minimum atomic E-state index is -4.34. The molecule has 1 aromatic carbocycles. The highest BCUT2D eigenvalue weighted by Gasteiger charge is 2.32. The summed E-state index contributed by atoms with van der Waals surface area (Å²) in [6.07, 6.45) is -4.00. The van der Waals surface area contributed by atoms with Gasteiger partial charge in [-0.2, -0.15) is 13.2 Å². The fourth-order valence-electron chi connectivity index (χ4n) is 2.22. The molecule has 0 bridgehead atoms. The van der Waals surface area contributed by atoms with E-state index in [0.717, 1.165) is 24.1 Å². The molecule has 0 saturated carbocycles. The number of nitrogens with one attached hydrogen (secondary N) is 1. The van der Waals surface area contributed by atoms with Gasteiger partial charge in [0.15, 0.2) is 6.29 Å². The molecule has 0 radical (unpaired) electrons.